The second-order valence-corrected chi connectivity index (χ2v) is 4.09. The maximum Gasteiger partial charge on any atom is 2.00 e. The minimum Gasteiger partial charge on any atom is -1.00 e. The van der Waals surface area contributed by atoms with Crippen LogP contribution >= 0.6 is 23.2 Å². The SMILES string of the molecule is CC(C)(O)c1cc(Cl)cc(Cl)c1.[Br-].[Mg+2]. The van der Waals surface area contributed by atoms with Crippen LogP contribution in [0.4, 0.5) is 0 Å². The van der Waals surface area contributed by atoms with Crippen LogP contribution in [0.5, 0.6) is 0 Å². The van der Waals surface area contributed by atoms with Crippen molar-refractivity contribution in [3.63, 3.8) is 0 Å². The number of benzene rings is 1. The summed E-state index contributed by atoms with van der Waals surface area (Å²) in [7, 11) is 0. The third-order valence-electron chi connectivity index (χ3n) is 1.57. The molecule has 1 N–H and O–H groups in total. The Morgan fingerprint density at radius 1 is 1.07 bits per heavy atom. The molecule has 0 atom stereocenters. The standard InChI is InChI=1S/C9H10Cl2O.BrH.Mg/c1-9(2,12)6-3-7(10)5-8(11)4-6;;/h3-5,12H,1-2H3;1H;/q;;+2/p-1. The van der Waals surface area contributed by atoms with E-state index < -0.39 is 5.60 Å². The molecule has 0 aliphatic heterocycles. The Morgan fingerprint density at radius 2 is 1.43 bits per heavy atom. The Hall–Kier alpha value is 1.01. The fourth-order valence-electron chi connectivity index (χ4n) is 0.907. The van der Waals surface area contributed by atoms with E-state index in [0.29, 0.717) is 10.0 Å². The summed E-state index contributed by atoms with van der Waals surface area (Å²) in [5, 5.41) is 10.7. The molecular weight excluding hydrogens is 299 g/mol. The molecule has 0 aliphatic carbocycles. The maximum atomic E-state index is 9.62. The first-order chi connectivity index (χ1) is 5.39. The Bertz CT molecular complexity index is 279. The molecule has 0 bridgehead atoms. The van der Waals surface area contributed by atoms with Crippen molar-refractivity contribution < 1.29 is 22.1 Å². The molecule has 0 spiro atoms. The van der Waals surface area contributed by atoms with E-state index in [1.807, 2.05) is 0 Å². The van der Waals surface area contributed by atoms with Crippen LogP contribution in [0.15, 0.2) is 18.2 Å². The molecule has 0 aromatic heterocycles. The summed E-state index contributed by atoms with van der Waals surface area (Å²) >= 11 is 11.5. The zero-order valence-electron chi connectivity index (χ0n) is 8.02. The number of aliphatic hydroxyl groups is 1. The molecule has 1 nitrogen and oxygen atoms in total. The van der Waals surface area contributed by atoms with E-state index in [0.717, 1.165) is 5.56 Å². The molecule has 74 valence electrons. The van der Waals surface area contributed by atoms with Gasteiger partial charge >= 0.3 is 23.1 Å². The monoisotopic (exact) mass is 307 g/mol. The van der Waals surface area contributed by atoms with Crippen molar-refractivity contribution in [2.75, 3.05) is 0 Å². The van der Waals surface area contributed by atoms with Crippen LogP contribution in [0.2, 0.25) is 10.0 Å². The Morgan fingerprint density at radius 3 is 1.71 bits per heavy atom. The summed E-state index contributed by atoms with van der Waals surface area (Å²) in [4.78, 5) is 0. The smallest absolute Gasteiger partial charge is 1.00 e. The van der Waals surface area contributed by atoms with Crippen LogP contribution in [-0.4, -0.2) is 28.2 Å². The molecule has 0 unspecified atom stereocenters. The second kappa shape index (κ2) is 6.56. The van der Waals surface area contributed by atoms with E-state index in [4.69, 9.17) is 23.2 Å². The minimum atomic E-state index is -0.894. The van der Waals surface area contributed by atoms with Crippen LogP contribution in [-0.2, 0) is 5.60 Å². The predicted molar refractivity (Wildman–Crippen MR) is 57.5 cm³/mol. The van der Waals surface area contributed by atoms with Gasteiger partial charge in [0.2, 0.25) is 0 Å². The number of hydrogen-bond acceptors (Lipinski definition) is 1. The molecule has 0 saturated carbocycles. The van der Waals surface area contributed by atoms with Crippen molar-refractivity contribution >= 4 is 46.3 Å². The van der Waals surface area contributed by atoms with Gasteiger partial charge in [0.25, 0.3) is 0 Å². The predicted octanol–water partition coefficient (Wildman–Crippen LogP) is -0.156. The zero-order chi connectivity index (χ0) is 9.35. The molecular formula is C9H10BrCl2MgO+. The van der Waals surface area contributed by atoms with Crippen molar-refractivity contribution in [1.82, 2.24) is 0 Å². The zero-order valence-corrected chi connectivity index (χ0v) is 12.5. The molecule has 14 heavy (non-hydrogen) atoms. The molecule has 0 aliphatic rings. The summed E-state index contributed by atoms with van der Waals surface area (Å²) < 4.78 is 0. The van der Waals surface area contributed by atoms with Gasteiger partial charge in [-0.05, 0) is 37.6 Å². The largest absolute Gasteiger partial charge is 2.00 e. The van der Waals surface area contributed by atoms with Crippen molar-refractivity contribution in [3.8, 4) is 0 Å². The van der Waals surface area contributed by atoms with Crippen LogP contribution in [0.1, 0.15) is 19.4 Å². The van der Waals surface area contributed by atoms with Gasteiger partial charge in [0.05, 0.1) is 5.60 Å². The fourth-order valence-corrected chi connectivity index (χ4v) is 1.43. The van der Waals surface area contributed by atoms with Gasteiger partial charge < -0.3 is 22.1 Å². The van der Waals surface area contributed by atoms with Gasteiger partial charge in [0, 0.05) is 10.0 Å². The first-order valence-corrected chi connectivity index (χ1v) is 4.34. The summed E-state index contributed by atoms with van der Waals surface area (Å²) in [6.45, 7) is 3.38. The van der Waals surface area contributed by atoms with Gasteiger partial charge in [0.15, 0.2) is 0 Å². The molecule has 0 fully saturated rings. The summed E-state index contributed by atoms with van der Waals surface area (Å²) in [5.41, 5.74) is -0.172. The van der Waals surface area contributed by atoms with Crippen molar-refractivity contribution in [1.29, 1.82) is 0 Å². The average molecular weight is 309 g/mol. The van der Waals surface area contributed by atoms with E-state index in [1.165, 1.54) is 0 Å². The van der Waals surface area contributed by atoms with Gasteiger partial charge in [0.1, 0.15) is 0 Å². The molecule has 0 saturated heterocycles. The molecule has 5 heteroatoms. The molecule has 0 radical (unpaired) electrons. The van der Waals surface area contributed by atoms with Gasteiger partial charge in [-0.2, -0.15) is 0 Å². The van der Waals surface area contributed by atoms with Gasteiger partial charge in [-0.3, -0.25) is 0 Å². The molecule has 1 rings (SSSR count). The van der Waals surface area contributed by atoms with Crippen molar-refractivity contribution in [2.45, 2.75) is 19.4 Å². The molecule has 1 aromatic rings. The van der Waals surface area contributed by atoms with E-state index in [9.17, 15) is 5.11 Å². The van der Waals surface area contributed by atoms with Crippen LogP contribution in [0.3, 0.4) is 0 Å². The number of halogens is 3. The van der Waals surface area contributed by atoms with E-state index >= 15 is 0 Å². The van der Waals surface area contributed by atoms with Crippen molar-refractivity contribution in [2.24, 2.45) is 0 Å². The number of hydrogen-bond donors (Lipinski definition) is 1. The third-order valence-corrected chi connectivity index (χ3v) is 2.01. The molecule has 0 amide bonds. The van der Waals surface area contributed by atoms with Gasteiger partial charge in [-0.1, -0.05) is 23.2 Å². The first kappa shape index (κ1) is 17.4. The molecule has 1 aromatic carbocycles. The van der Waals surface area contributed by atoms with Crippen LogP contribution in [0.25, 0.3) is 0 Å². The van der Waals surface area contributed by atoms with E-state index in [1.54, 1.807) is 32.0 Å². The first-order valence-electron chi connectivity index (χ1n) is 3.58. The quantitative estimate of drug-likeness (QED) is 0.715. The van der Waals surface area contributed by atoms with Crippen LogP contribution in [0, 0.1) is 0 Å². The Labute approximate surface area is 121 Å². The van der Waals surface area contributed by atoms with Crippen molar-refractivity contribution in [3.05, 3.63) is 33.8 Å². The topological polar surface area (TPSA) is 20.2 Å². The summed E-state index contributed by atoms with van der Waals surface area (Å²) in [5.74, 6) is 0. The second-order valence-electron chi connectivity index (χ2n) is 3.22. The van der Waals surface area contributed by atoms with Crippen LogP contribution < -0.4 is 17.0 Å². The Balaban J connectivity index is 0. The maximum absolute atomic E-state index is 9.62. The fraction of sp³-hybridized carbons (Fsp3) is 0.333. The summed E-state index contributed by atoms with van der Waals surface area (Å²) in [6.07, 6.45) is 0. The average Bonchev–Trinajstić information content (AvgIpc) is 1.82. The van der Waals surface area contributed by atoms with E-state index in [2.05, 4.69) is 0 Å². The Kier molecular flexibility index (Phi) is 8.15. The normalized spacial score (nSPS) is 10.1. The number of rotatable bonds is 1. The van der Waals surface area contributed by atoms with Gasteiger partial charge in [-0.15, -0.1) is 0 Å². The minimum absolute atomic E-state index is 0. The third kappa shape index (κ3) is 5.19. The molecule has 0 heterocycles. The summed E-state index contributed by atoms with van der Waals surface area (Å²) in [6, 6.07) is 5.04. The van der Waals surface area contributed by atoms with E-state index in [-0.39, 0.29) is 40.0 Å². The van der Waals surface area contributed by atoms with Gasteiger partial charge in [-0.25, -0.2) is 0 Å².